The zero-order valence-electron chi connectivity index (χ0n) is 13.0. The maximum Gasteiger partial charge on any atom is 0.217 e. The zero-order valence-corrected chi connectivity index (χ0v) is 13.0. The average Bonchev–Trinajstić information content (AvgIpc) is 2.48. The van der Waals surface area contributed by atoms with Gasteiger partial charge in [0.2, 0.25) is 5.91 Å². The molecule has 1 aromatic rings. The predicted octanol–water partition coefficient (Wildman–Crippen LogP) is 1.64. The highest BCUT2D eigenvalue weighted by Crippen LogP contribution is 2.30. The first kappa shape index (κ1) is 15.9. The quantitative estimate of drug-likeness (QED) is 0.865. The lowest BCUT2D eigenvalue weighted by molar-refractivity contribution is -0.121. The monoisotopic (exact) mass is 291 g/mol. The highest BCUT2D eigenvalue weighted by atomic mass is 16.5. The Labute approximate surface area is 126 Å². The molecule has 0 aliphatic carbocycles. The summed E-state index contributed by atoms with van der Waals surface area (Å²) in [6.45, 7) is 4.89. The summed E-state index contributed by atoms with van der Waals surface area (Å²) in [5.41, 5.74) is 7.55. The number of methoxy groups -OCH3 is 1. The Balaban J connectivity index is 2.02. The number of carbonyl (C=O) groups excluding carboxylic acids is 1. The number of piperidine rings is 1. The standard InChI is InChI=1S/C16H25N3O2/c1-13-10-18-8-5-14(13)11-19-9-3-6-16(12-19,21-2)7-4-15(17)20/h5,8,10H,3-4,6-7,9,11-12H2,1-2H3,(H2,17,20)/t16-/m0/s1. The lowest BCUT2D eigenvalue weighted by atomic mass is 9.87. The van der Waals surface area contributed by atoms with Crippen LogP contribution < -0.4 is 5.73 Å². The van der Waals surface area contributed by atoms with Gasteiger partial charge in [-0.1, -0.05) is 0 Å². The van der Waals surface area contributed by atoms with Crippen molar-refractivity contribution in [3.63, 3.8) is 0 Å². The number of aromatic nitrogens is 1. The molecule has 0 radical (unpaired) electrons. The lowest BCUT2D eigenvalue weighted by Gasteiger charge is -2.42. The summed E-state index contributed by atoms with van der Waals surface area (Å²) in [6, 6.07) is 2.07. The van der Waals surface area contributed by atoms with E-state index in [2.05, 4.69) is 22.9 Å². The SMILES string of the molecule is CO[C@]1(CCC(N)=O)CCCN(Cc2ccncc2C)C1. The van der Waals surface area contributed by atoms with E-state index in [9.17, 15) is 4.79 Å². The van der Waals surface area contributed by atoms with Crippen LogP contribution in [-0.4, -0.2) is 41.6 Å². The van der Waals surface area contributed by atoms with Crippen LogP contribution in [0.5, 0.6) is 0 Å². The lowest BCUT2D eigenvalue weighted by Crippen LogP contribution is -2.49. The van der Waals surface area contributed by atoms with Gasteiger partial charge in [-0.05, 0) is 49.9 Å². The van der Waals surface area contributed by atoms with Crippen molar-refractivity contribution in [3.05, 3.63) is 29.6 Å². The van der Waals surface area contributed by atoms with Crippen LogP contribution in [0.25, 0.3) is 0 Å². The molecule has 0 unspecified atom stereocenters. The second-order valence-electron chi connectivity index (χ2n) is 5.97. The number of primary amides is 1. The largest absolute Gasteiger partial charge is 0.377 e. The Kier molecular flexibility index (Phi) is 5.31. The second kappa shape index (κ2) is 7.00. The summed E-state index contributed by atoms with van der Waals surface area (Å²) in [4.78, 5) is 17.6. The van der Waals surface area contributed by atoms with Crippen molar-refractivity contribution < 1.29 is 9.53 Å². The zero-order chi connectivity index (χ0) is 15.3. The van der Waals surface area contributed by atoms with Gasteiger partial charge in [0.05, 0.1) is 5.60 Å². The van der Waals surface area contributed by atoms with Crippen molar-refractivity contribution in [3.8, 4) is 0 Å². The highest BCUT2D eigenvalue weighted by Gasteiger charge is 2.35. The molecule has 5 heteroatoms. The van der Waals surface area contributed by atoms with Crippen LogP contribution in [-0.2, 0) is 16.1 Å². The normalized spacial score (nSPS) is 23.1. The Hall–Kier alpha value is -1.46. The molecule has 21 heavy (non-hydrogen) atoms. The number of nitrogens with two attached hydrogens (primary N) is 1. The van der Waals surface area contributed by atoms with Gasteiger partial charge in [0.1, 0.15) is 0 Å². The molecule has 116 valence electrons. The van der Waals surface area contributed by atoms with Crippen molar-refractivity contribution >= 4 is 5.91 Å². The van der Waals surface area contributed by atoms with Gasteiger partial charge < -0.3 is 10.5 Å². The summed E-state index contributed by atoms with van der Waals surface area (Å²) in [5, 5.41) is 0. The van der Waals surface area contributed by atoms with E-state index in [0.29, 0.717) is 12.8 Å². The number of likely N-dealkylation sites (tertiary alicyclic amines) is 1. The number of hydrogen-bond acceptors (Lipinski definition) is 4. The second-order valence-corrected chi connectivity index (χ2v) is 5.97. The third-order valence-corrected chi connectivity index (χ3v) is 4.41. The number of hydrogen-bond donors (Lipinski definition) is 1. The molecule has 2 N–H and O–H groups in total. The molecule has 1 fully saturated rings. The van der Waals surface area contributed by atoms with Gasteiger partial charge in [-0.3, -0.25) is 14.7 Å². The van der Waals surface area contributed by atoms with E-state index < -0.39 is 0 Å². The van der Waals surface area contributed by atoms with Crippen molar-refractivity contribution in [2.24, 2.45) is 5.73 Å². The smallest absolute Gasteiger partial charge is 0.217 e. The summed E-state index contributed by atoms with van der Waals surface area (Å²) in [6.07, 6.45) is 6.89. The molecule has 1 aliphatic heterocycles. The van der Waals surface area contributed by atoms with Crippen LogP contribution in [0.1, 0.15) is 36.8 Å². The Bertz CT molecular complexity index is 492. The predicted molar refractivity (Wildman–Crippen MR) is 81.7 cm³/mol. The summed E-state index contributed by atoms with van der Waals surface area (Å²) in [7, 11) is 1.74. The fourth-order valence-corrected chi connectivity index (χ4v) is 3.07. The van der Waals surface area contributed by atoms with Crippen LogP contribution in [0.2, 0.25) is 0 Å². The van der Waals surface area contributed by atoms with E-state index in [0.717, 1.165) is 32.5 Å². The first-order valence-corrected chi connectivity index (χ1v) is 7.50. The van der Waals surface area contributed by atoms with Crippen LogP contribution in [0.3, 0.4) is 0 Å². The first-order chi connectivity index (χ1) is 10.0. The van der Waals surface area contributed by atoms with Gasteiger partial charge in [0, 0.05) is 39.0 Å². The summed E-state index contributed by atoms with van der Waals surface area (Å²) < 4.78 is 5.77. The number of amides is 1. The average molecular weight is 291 g/mol. The van der Waals surface area contributed by atoms with E-state index in [4.69, 9.17) is 10.5 Å². The van der Waals surface area contributed by atoms with Gasteiger partial charge in [-0.2, -0.15) is 0 Å². The van der Waals surface area contributed by atoms with Crippen molar-refractivity contribution in [1.82, 2.24) is 9.88 Å². The molecule has 1 amide bonds. The number of nitrogens with zero attached hydrogens (tertiary/aromatic N) is 2. The summed E-state index contributed by atoms with van der Waals surface area (Å²) >= 11 is 0. The van der Waals surface area contributed by atoms with E-state index >= 15 is 0 Å². The fraction of sp³-hybridized carbons (Fsp3) is 0.625. The van der Waals surface area contributed by atoms with Gasteiger partial charge in [-0.15, -0.1) is 0 Å². The molecule has 5 nitrogen and oxygen atoms in total. The molecule has 1 atom stereocenters. The molecular weight excluding hydrogens is 266 g/mol. The molecule has 1 saturated heterocycles. The van der Waals surface area contributed by atoms with Crippen LogP contribution in [0.4, 0.5) is 0 Å². The van der Waals surface area contributed by atoms with Crippen LogP contribution in [0, 0.1) is 6.92 Å². The molecule has 0 bridgehead atoms. The minimum Gasteiger partial charge on any atom is -0.377 e. The maximum atomic E-state index is 11.1. The molecule has 0 spiro atoms. The highest BCUT2D eigenvalue weighted by molar-refractivity contribution is 5.73. The third kappa shape index (κ3) is 4.25. The van der Waals surface area contributed by atoms with Gasteiger partial charge in [0.25, 0.3) is 0 Å². The van der Waals surface area contributed by atoms with E-state index in [-0.39, 0.29) is 11.5 Å². The number of rotatable bonds is 6. The topological polar surface area (TPSA) is 68.5 Å². The first-order valence-electron chi connectivity index (χ1n) is 7.50. The number of carbonyl (C=O) groups is 1. The van der Waals surface area contributed by atoms with Crippen LogP contribution in [0.15, 0.2) is 18.5 Å². The minimum absolute atomic E-state index is 0.242. The molecule has 2 heterocycles. The number of ether oxygens (including phenoxy) is 1. The van der Waals surface area contributed by atoms with Gasteiger partial charge in [-0.25, -0.2) is 0 Å². The van der Waals surface area contributed by atoms with Crippen molar-refractivity contribution in [2.45, 2.75) is 44.8 Å². The molecule has 2 rings (SSSR count). The molecule has 0 saturated carbocycles. The minimum atomic E-state index is -0.256. The Morgan fingerprint density at radius 2 is 2.38 bits per heavy atom. The third-order valence-electron chi connectivity index (χ3n) is 4.41. The summed E-state index contributed by atoms with van der Waals surface area (Å²) in [5.74, 6) is -0.256. The molecule has 1 aliphatic rings. The molecular formula is C16H25N3O2. The Morgan fingerprint density at radius 1 is 1.57 bits per heavy atom. The molecule has 1 aromatic heterocycles. The number of pyridine rings is 1. The maximum absolute atomic E-state index is 11.1. The van der Waals surface area contributed by atoms with E-state index in [1.54, 1.807) is 7.11 Å². The van der Waals surface area contributed by atoms with Gasteiger partial charge in [0.15, 0.2) is 0 Å². The molecule has 0 aromatic carbocycles. The van der Waals surface area contributed by atoms with Gasteiger partial charge >= 0.3 is 0 Å². The van der Waals surface area contributed by atoms with E-state index in [1.165, 1.54) is 11.1 Å². The van der Waals surface area contributed by atoms with Crippen LogP contribution >= 0.6 is 0 Å². The van der Waals surface area contributed by atoms with Crippen molar-refractivity contribution in [1.29, 1.82) is 0 Å². The fourth-order valence-electron chi connectivity index (χ4n) is 3.07. The van der Waals surface area contributed by atoms with E-state index in [1.807, 2.05) is 12.4 Å². The Morgan fingerprint density at radius 3 is 3.05 bits per heavy atom. The number of aryl methyl sites for hydroxylation is 1. The van der Waals surface area contributed by atoms with Crippen molar-refractivity contribution in [2.75, 3.05) is 20.2 Å².